The Morgan fingerprint density at radius 1 is 1.33 bits per heavy atom. The lowest BCUT2D eigenvalue weighted by molar-refractivity contribution is 1.46. The Morgan fingerprint density at radius 2 is 2.13 bits per heavy atom. The first kappa shape index (κ1) is 10.8. The number of thioether (sulfide) groups is 1. The third-order valence-corrected chi connectivity index (χ3v) is 4.94. The van der Waals surface area contributed by atoms with E-state index in [1.807, 2.05) is 23.1 Å². The Balaban J connectivity index is 2.31. The van der Waals surface area contributed by atoms with E-state index in [0.717, 1.165) is 5.75 Å². The van der Waals surface area contributed by atoms with Gasteiger partial charge >= 0.3 is 0 Å². The maximum Gasteiger partial charge on any atom is 0.0643 e. The largest absolute Gasteiger partial charge is 0.129 e. The molecule has 0 fully saturated rings. The Kier molecular flexibility index (Phi) is 3.49. The average molecular weight is 234 g/mol. The van der Waals surface area contributed by atoms with Crippen molar-refractivity contribution in [2.45, 2.75) is 18.1 Å². The number of rotatable bonds is 3. The molecule has 2 heteroatoms. The summed E-state index contributed by atoms with van der Waals surface area (Å²) in [4.78, 5) is 0. The van der Waals surface area contributed by atoms with Crippen LogP contribution in [0.25, 0.3) is 10.1 Å². The first-order valence-electron chi connectivity index (χ1n) is 5.05. The molecule has 0 atom stereocenters. The van der Waals surface area contributed by atoms with Gasteiger partial charge in [-0.15, -0.1) is 23.1 Å². The molecule has 0 spiro atoms. The van der Waals surface area contributed by atoms with E-state index in [0.29, 0.717) is 0 Å². The molecule has 0 saturated heterocycles. The number of hydrogen-bond acceptors (Lipinski definition) is 2. The smallest absolute Gasteiger partial charge is 0.0643 e. The van der Waals surface area contributed by atoms with Crippen LogP contribution in [0.15, 0.2) is 40.6 Å². The predicted octanol–water partition coefficient (Wildman–Crippen LogP) is 4.88. The van der Waals surface area contributed by atoms with Crippen LogP contribution < -0.4 is 0 Å². The lowest BCUT2D eigenvalue weighted by Crippen LogP contribution is -1.72. The van der Waals surface area contributed by atoms with Crippen LogP contribution in [0.2, 0.25) is 0 Å². The van der Waals surface area contributed by atoms with E-state index in [1.54, 1.807) is 0 Å². The van der Waals surface area contributed by atoms with Gasteiger partial charge in [-0.05, 0) is 30.9 Å². The minimum Gasteiger partial charge on any atom is -0.129 e. The molecule has 0 aliphatic heterocycles. The molecule has 1 heterocycles. The maximum absolute atomic E-state index is 2.22. The van der Waals surface area contributed by atoms with Gasteiger partial charge in [-0.25, -0.2) is 0 Å². The molecule has 0 nitrogen and oxygen atoms in total. The first-order chi connectivity index (χ1) is 7.33. The van der Waals surface area contributed by atoms with E-state index in [-0.39, 0.29) is 0 Å². The molecule has 0 amide bonds. The van der Waals surface area contributed by atoms with Crippen molar-refractivity contribution in [3.05, 3.63) is 42.0 Å². The van der Waals surface area contributed by atoms with E-state index in [4.69, 9.17) is 0 Å². The fraction of sp³-hybridized carbons (Fsp3) is 0.231. The molecule has 15 heavy (non-hydrogen) atoms. The van der Waals surface area contributed by atoms with Gasteiger partial charge in [-0.3, -0.25) is 0 Å². The van der Waals surface area contributed by atoms with Gasteiger partial charge in [0.25, 0.3) is 0 Å². The topological polar surface area (TPSA) is 0 Å². The van der Waals surface area contributed by atoms with Gasteiger partial charge < -0.3 is 0 Å². The van der Waals surface area contributed by atoms with Crippen LogP contribution in [-0.4, -0.2) is 5.75 Å². The molecule has 2 aromatic rings. The zero-order valence-electron chi connectivity index (χ0n) is 8.99. The molecule has 0 radical (unpaired) electrons. The van der Waals surface area contributed by atoms with Crippen molar-refractivity contribution >= 4 is 33.2 Å². The SMILES string of the molecule is C/C=C/CSc1sc2ccccc2c1C. The van der Waals surface area contributed by atoms with Crippen molar-refractivity contribution < 1.29 is 0 Å². The van der Waals surface area contributed by atoms with E-state index < -0.39 is 0 Å². The highest BCUT2D eigenvalue weighted by atomic mass is 32.2. The summed E-state index contributed by atoms with van der Waals surface area (Å²) in [6.45, 7) is 4.29. The molecular formula is C13H14S2. The summed E-state index contributed by atoms with van der Waals surface area (Å²) in [5.74, 6) is 1.07. The standard InChI is InChI=1S/C13H14S2/c1-3-4-9-14-13-10(2)11-7-5-6-8-12(11)15-13/h3-8H,9H2,1-2H3/b4-3+. The van der Waals surface area contributed by atoms with Crippen LogP contribution in [0, 0.1) is 6.92 Å². The summed E-state index contributed by atoms with van der Waals surface area (Å²) >= 11 is 3.83. The molecule has 1 aromatic carbocycles. The van der Waals surface area contributed by atoms with Gasteiger partial charge in [0.2, 0.25) is 0 Å². The highest BCUT2D eigenvalue weighted by Crippen LogP contribution is 2.37. The second-order valence-electron chi connectivity index (χ2n) is 3.39. The molecule has 2 rings (SSSR count). The van der Waals surface area contributed by atoms with Gasteiger partial charge in [-0.1, -0.05) is 30.4 Å². The molecular weight excluding hydrogens is 220 g/mol. The van der Waals surface area contributed by atoms with Crippen molar-refractivity contribution in [2.75, 3.05) is 5.75 Å². The quantitative estimate of drug-likeness (QED) is 0.539. The summed E-state index contributed by atoms with van der Waals surface area (Å²) in [5, 5.41) is 1.41. The van der Waals surface area contributed by atoms with Crippen LogP contribution in [0.1, 0.15) is 12.5 Å². The van der Waals surface area contributed by atoms with Crippen molar-refractivity contribution in [2.24, 2.45) is 0 Å². The van der Waals surface area contributed by atoms with E-state index in [1.165, 1.54) is 19.9 Å². The van der Waals surface area contributed by atoms with Gasteiger partial charge in [-0.2, -0.15) is 0 Å². The molecule has 0 saturated carbocycles. The minimum absolute atomic E-state index is 1.07. The number of aryl methyl sites for hydroxylation is 1. The third kappa shape index (κ3) is 2.27. The zero-order valence-corrected chi connectivity index (χ0v) is 10.6. The Hall–Kier alpha value is -0.730. The zero-order chi connectivity index (χ0) is 10.7. The van der Waals surface area contributed by atoms with Crippen molar-refractivity contribution in [3.8, 4) is 0 Å². The highest BCUT2D eigenvalue weighted by molar-refractivity contribution is 8.01. The fourth-order valence-corrected chi connectivity index (χ4v) is 3.93. The van der Waals surface area contributed by atoms with E-state index >= 15 is 0 Å². The molecule has 0 aliphatic carbocycles. The second kappa shape index (κ2) is 4.86. The first-order valence-corrected chi connectivity index (χ1v) is 6.85. The minimum atomic E-state index is 1.07. The molecule has 0 unspecified atom stereocenters. The number of allylic oxidation sites excluding steroid dienone is 1. The summed E-state index contributed by atoms with van der Waals surface area (Å²) in [6.07, 6.45) is 4.31. The lowest BCUT2D eigenvalue weighted by atomic mass is 10.2. The Morgan fingerprint density at radius 3 is 2.87 bits per heavy atom. The maximum atomic E-state index is 2.22. The molecule has 1 aromatic heterocycles. The third-order valence-electron chi connectivity index (χ3n) is 2.35. The number of hydrogen-bond donors (Lipinski definition) is 0. The highest BCUT2D eigenvalue weighted by Gasteiger charge is 2.06. The normalized spacial score (nSPS) is 11.6. The van der Waals surface area contributed by atoms with E-state index in [9.17, 15) is 0 Å². The summed E-state index contributed by atoms with van der Waals surface area (Å²) in [6, 6.07) is 8.63. The Bertz CT molecular complexity index is 480. The van der Waals surface area contributed by atoms with Crippen molar-refractivity contribution in [1.29, 1.82) is 0 Å². The van der Waals surface area contributed by atoms with Crippen LogP contribution in [0.4, 0.5) is 0 Å². The van der Waals surface area contributed by atoms with Crippen molar-refractivity contribution in [3.63, 3.8) is 0 Å². The summed E-state index contributed by atoms with van der Waals surface area (Å²) in [7, 11) is 0. The van der Waals surface area contributed by atoms with Gasteiger partial charge in [0, 0.05) is 10.5 Å². The number of thiophene rings is 1. The monoisotopic (exact) mass is 234 g/mol. The fourth-order valence-electron chi connectivity index (χ4n) is 1.51. The van der Waals surface area contributed by atoms with Crippen molar-refractivity contribution in [1.82, 2.24) is 0 Å². The lowest BCUT2D eigenvalue weighted by Gasteiger charge is -1.95. The average Bonchev–Trinajstić information content (AvgIpc) is 2.57. The second-order valence-corrected chi connectivity index (χ2v) is 5.73. The van der Waals surface area contributed by atoms with E-state index in [2.05, 4.69) is 50.3 Å². The van der Waals surface area contributed by atoms with Crippen LogP contribution >= 0.6 is 23.1 Å². The molecule has 78 valence electrons. The van der Waals surface area contributed by atoms with Gasteiger partial charge in [0.15, 0.2) is 0 Å². The van der Waals surface area contributed by atoms with Gasteiger partial charge in [0.1, 0.15) is 0 Å². The number of fused-ring (bicyclic) bond motifs is 1. The van der Waals surface area contributed by atoms with Crippen LogP contribution in [0.3, 0.4) is 0 Å². The molecule has 0 N–H and O–H groups in total. The van der Waals surface area contributed by atoms with Gasteiger partial charge in [0.05, 0.1) is 4.21 Å². The number of benzene rings is 1. The summed E-state index contributed by atoms with van der Waals surface area (Å²) < 4.78 is 2.85. The predicted molar refractivity (Wildman–Crippen MR) is 72.1 cm³/mol. The summed E-state index contributed by atoms with van der Waals surface area (Å²) in [5.41, 5.74) is 1.44. The Labute approximate surface area is 99.0 Å². The van der Waals surface area contributed by atoms with Crippen LogP contribution in [0.5, 0.6) is 0 Å². The van der Waals surface area contributed by atoms with Crippen LogP contribution in [-0.2, 0) is 0 Å². The molecule has 0 aliphatic rings. The molecule has 0 bridgehead atoms.